The Kier molecular flexibility index (Phi) is 357. The Labute approximate surface area is 83.6 Å². The second kappa shape index (κ2) is 33.1. The van der Waals surface area contributed by atoms with Gasteiger partial charge in [0.15, 0.2) is 17.4 Å². The molecule has 3 N–H and O–H groups in total. The van der Waals surface area contributed by atoms with Gasteiger partial charge < -0.3 is 9.00 Å². The maximum Gasteiger partial charge on any atom is 2.00 e. The van der Waals surface area contributed by atoms with Gasteiger partial charge >= 0.3 is 41.0 Å². The van der Waals surface area contributed by atoms with E-state index in [1.807, 2.05) is 0 Å². The van der Waals surface area contributed by atoms with Crippen LogP contribution >= 0.6 is 0 Å². The molecule has 0 aliphatic rings. The van der Waals surface area contributed by atoms with Crippen LogP contribution in [0.25, 0.3) is 0 Å². The van der Waals surface area contributed by atoms with Crippen LogP contribution in [0.1, 0.15) is 2.85 Å². The summed E-state index contributed by atoms with van der Waals surface area (Å²) in [7, 11) is 0. The number of rotatable bonds is 0. The van der Waals surface area contributed by atoms with Gasteiger partial charge in [0.05, 0.1) is 0 Å². The summed E-state index contributed by atoms with van der Waals surface area (Å²) in [6, 6.07) is 0. The topological polar surface area (TPSA) is 35.0 Å². The molecule has 0 saturated carbocycles. The van der Waals surface area contributed by atoms with E-state index in [-0.39, 0.29) is 84.4 Å². The molecule has 5 heteroatoms. The summed E-state index contributed by atoms with van der Waals surface area (Å²) in [6.07, 6.45) is 0. The molecule has 0 aliphatic carbocycles. The van der Waals surface area contributed by atoms with Gasteiger partial charge in [0, 0.05) is 17.1 Å². The molecule has 5 heavy (non-hydrogen) atoms. The smallest absolute Gasteiger partial charge is 1.00 e. The molecule has 0 rings (SSSR count). The molecule has 34 valence electrons. The SMILES string of the molecule is N.[AlH3].[AsH3].[Fe].[H-].[H-].[Mg+2]. The first-order chi connectivity index (χ1) is 0. The first-order valence-electron chi connectivity index (χ1n) is 0. The Bertz CT molecular complexity index is 17.7. The molecular weight excluding hydrogens is 196 g/mol. The van der Waals surface area contributed by atoms with Crippen molar-refractivity contribution in [3.8, 4) is 0 Å². The Balaban J connectivity index is 0. The van der Waals surface area contributed by atoms with Crippen LogP contribution in [-0.2, 0) is 17.1 Å². The van der Waals surface area contributed by atoms with Crippen molar-refractivity contribution in [2.45, 2.75) is 0 Å². The number of hydrogen-bond acceptors (Lipinski definition) is 1. The second-order valence-corrected chi connectivity index (χ2v) is 0. The third kappa shape index (κ3) is 21.8. The summed E-state index contributed by atoms with van der Waals surface area (Å²) in [4.78, 5) is 0. The van der Waals surface area contributed by atoms with Gasteiger partial charge in [-0.2, -0.15) is 0 Å². The van der Waals surface area contributed by atoms with Gasteiger partial charge in [-0.3, -0.25) is 0 Å². The fraction of sp³-hybridized carbons (Fsp3) is 0. The Morgan fingerprint density at radius 3 is 1.20 bits per heavy atom. The first-order valence-corrected chi connectivity index (χ1v) is 0. The summed E-state index contributed by atoms with van der Waals surface area (Å²) in [5, 5.41) is 0. The van der Waals surface area contributed by atoms with Crippen molar-refractivity contribution in [2.24, 2.45) is 0 Å². The van der Waals surface area contributed by atoms with Crippen LogP contribution in [0, 0.1) is 0 Å². The maximum absolute atomic E-state index is 0. The summed E-state index contributed by atoms with van der Waals surface area (Å²) in [5.41, 5.74) is 0. The predicted molar refractivity (Wildman–Crippen MR) is 32.9 cm³/mol. The monoisotopic (exact) mass is 207 g/mol. The zero-order valence-electron chi connectivity index (χ0n) is 4.47. The minimum absolute atomic E-state index is 0. The van der Waals surface area contributed by atoms with E-state index in [0.717, 1.165) is 0 Å². The second-order valence-electron chi connectivity index (χ2n) is 0. The molecular formula is H11AlAsFeMgN. The molecule has 0 spiro atoms. The Morgan fingerprint density at radius 1 is 1.20 bits per heavy atom. The molecule has 0 bridgehead atoms. The van der Waals surface area contributed by atoms with E-state index < -0.39 is 0 Å². The quantitative estimate of drug-likeness (QED) is 0.443. The molecule has 1 nitrogen and oxygen atoms in total. The molecule has 0 amide bonds. The average molecular weight is 207 g/mol. The normalized spacial score (nSPS) is 0. The van der Waals surface area contributed by atoms with Gasteiger partial charge in [-0.05, 0) is 0 Å². The zero-order chi connectivity index (χ0) is 0. The zero-order valence-corrected chi connectivity index (χ0v) is 7.96. The molecule has 0 fully saturated rings. The van der Waals surface area contributed by atoms with Gasteiger partial charge in [0.25, 0.3) is 0 Å². The summed E-state index contributed by atoms with van der Waals surface area (Å²) in [5.74, 6) is 0. The van der Waals surface area contributed by atoms with E-state index in [2.05, 4.69) is 0 Å². The van der Waals surface area contributed by atoms with Crippen LogP contribution in [0.3, 0.4) is 0 Å². The van der Waals surface area contributed by atoms with Crippen molar-refractivity contribution < 1.29 is 19.9 Å². The standard InChI is InChI=1S/Al.AsH3.Fe.Mg.H3N.5H/h;1H3;;;1H3;;;;;/q;;;+2;;;;;2*-1. The maximum atomic E-state index is 0. The van der Waals surface area contributed by atoms with Crippen LogP contribution in [-0.4, -0.2) is 58.4 Å². The van der Waals surface area contributed by atoms with Crippen molar-refractivity contribution in [1.29, 1.82) is 0 Å². The molecule has 0 aliphatic heterocycles. The summed E-state index contributed by atoms with van der Waals surface area (Å²) < 4.78 is 0. The minimum atomic E-state index is 0. The van der Waals surface area contributed by atoms with E-state index in [1.165, 1.54) is 0 Å². The van der Waals surface area contributed by atoms with Gasteiger partial charge in [-0.15, -0.1) is 0 Å². The van der Waals surface area contributed by atoms with Crippen LogP contribution in [0.15, 0.2) is 0 Å². The van der Waals surface area contributed by atoms with E-state index >= 15 is 0 Å². The van der Waals surface area contributed by atoms with Gasteiger partial charge in [0.1, 0.15) is 0 Å². The number of hydrogen-bond donors (Lipinski definition) is 1. The van der Waals surface area contributed by atoms with E-state index in [9.17, 15) is 0 Å². The van der Waals surface area contributed by atoms with E-state index in [1.54, 1.807) is 0 Å². The molecule has 1 atom stereocenters. The predicted octanol–water partition coefficient (Wildman–Crippen LogP) is -2.36. The molecule has 0 saturated heterocycles. The molecule has 0 heterocycles. The van der Waals surface area contributed by atoms with Crippen molar-refractivity contribution in [3.63, 3.8) is 0 Å². The third-order valence-electron chi connectivity index (χ3n) is 0. The van der Waals surface area contributed by atoms with Crippen LogP contribution in [0.5, 0.6) is 0 Å². The van der Waals surface area contributed by atoms with Crippen molar-refractivity contribution >= 4 is 58.4 Å². The van der Waals surface area contributed by atoms with Crippen molar-refractivity contribution in [1.82, 2.24) is 6.15 Å². The fourth-order valence-corrected chi connectivity index (χ4v) is 0. The largest absolute Gasteiger partial charge is 2.00 e. The minimum Gasteiger partial charge on any atom is -1.00 e. The van der Waals surface area contributed by atoms with Crippen LogP contribution in [0.2, 0.25) is 0 Å². The van der Waals surface area contributed by atoms with Crippen LogP contribution < -0.4 is 6.15 Å². The summed E-state index contributed by atoms with van der Waals surface area (Å²) in [6.45, 7) is 0. The van der Waals surface area contributed by atoms with Crippen molar-refractivity contribution in [2.75, 3.05) is 0 Å². The molecule has 0 aromatic heterocycles. The molecule has 0 radical (unpaired) electrons. The average Bonchev–Trinajstić information content (AvgIpc) is 0. The van der Waals surface area contributed by atoms with E-state index in [0.29, 0.717) is 0 Å². The van der Waals surface area contributed by atoms with Gasteiger partial charge in [0.2, 0.25) is 0 Å². The summed E-state index contributed by atoms with van der Waals surface area (Å²) >= 11 is 0. The first kappa shape index (κ1) is 54.0. The van der Waals surface area contributed by atoms with Crippen molar-refractivity contribution in [3.05, 3.63) is 0 Å². The van der Waals surface area contributed by atoms with E-state index in [4.69, 9.17) is 0 Å². The molecule has 0 aromatic rings. The molecule has 1 unspecified atom stereocenters. The Hall–Kier alpha value is 2.34. The van der Waals surface area contributed by atoms with Gasteiger partial charge in [-0.1, -0.05) is 0 Å². The third-order valence-corrected chi connectivity index (χ3v) is 0. The Morgan fingerprint density at radius 2 is 1.20 bits per heavy atom. The van der Waals surface area contributed by atoms with Crippen LogP contribution in [0.4, 0.5) is 0 Å². The molecule has 0 aromatic carbocycles. The van der Waals surface area contributed by atoms with Gasteiger partial charge in [-0.25, -0.2) is 0 Å². The fourth-order valence-electron chi connectivity index (χ4n) is 0.